The SMILES string of the molecule is CCCNc1ccnc(CN2CCC(C)(C(=O)NC)C2)c1. The molecule has 116 valence electrons. The standard InChI is InChI=1S/C16H26N4O/c1-4-7-18-13-5-8-19-14(10-13)11-20-9-6-16(2,12-20)15(21)17-3/h5,8,10H,4,6-7,9,11-12H2,1-3H3,(H,17,21)(H,18,19). The van der Waals surface area contributed by atoms with E-state index in [2.05, 4.69) is 33.5 Å². The first kappa shape index (κ1) is 15.8. The van der Waals surface area contributed by atoms with Gasteiger partial charge in [0.1, 0.15) is 0 Å². The average molecular weight is 290 g/mol. The van der Waals surface area contributed by atoms with Gasteiger partial charge in [-0.05, 0) is 38.4 Å². The molecule has 21 heavy (non-hydrogen) atoms. The van der Waals surface area contributed by atoms with Crippen LogP contribution in [-0.4, -0.2) is 42.5 Å². The van der Waals surface area contributed by atoms with E-state index in [1.54, 1.807) is 7.05 Å². The number of anilines is 1. The van der Waals surface area contributed by atoms with Crippen LogP contribution in [-0.2, 0) is 11.3 Å². The molecule has 1 aromatic heterocycles. The van der Waals surface area contributed by atoms with Gasteiger partial charge in [0.15, 0.2) is 0 Å². The van der Waals surface area contributed by atoms with Crippen LogP contribution in [0.3, 0.4) is 0 Å². The van der Waals surface area contributed by atoms with Gasteiger partial charge >= 0.3 is 0 Å². The fourth-order valence-electron chi connectivity index (χ4n) is 2.85. The third-order valence-electron chi connectivity index (χ3n) is 4.11. The summed E-state index contributed by atoms with van der Waals surface area (Å²) in [4.78, 5) is 18.7. The first-order valence-corrected chi connectivity index (χ1v) is 7.71. The van der Waals surface area contributed by atoms with Crippen LogP contribution >= 0.6 is 0 Å². The maximum atomic E-state index is 11.9. The van der Waals surface area contributed by atoms with E-state index in [1.807, 2.05) is 19.2 Å². The highest BCUT2D eigenvalue weighted by Crippen LogP contribution is 2.30. The minimum absolute atomic E-state index is 0.135. The highest BCUT2D eigenvalue weighted by Gasteiger charge is 2.39. The molecule has 5 heteroatoms. The number of carbonyl (C=O) groups is 1. The summed E-state index contributed by atoms with van der Waals surface area (Å²) in [5.74, 6) is 0.135. The Morgan fingerprint density at radius 3 is 3.05 bits per heavy atom. The normalized spacial score (nSPS) is 22.2. The molecule has 0 saturated carbocycles. The van der Waals surface area contributed by atoms with Crippen molar-refractivity contribution in [2.24, 2.45) is 5.41 Å². The molecule has 5 nitrogen and oxygen atoms in total. The number of hydrogen-bond donors (Lipinski definition) is 2. The number of amides is 1. The maximum Gasteiger partial charge on any atom is 0.227 e. The van der Waals surface area contributed by atoms with Crippen molar-refractivity contribution in [1.29, 1.82) is 0 Å². The van der Waals surface area contributed by atoms with Gasteiger partial charge in [0.2, 0.25) is 5.91 Å². The molecule has 2 N–H and O–H groups in total. The minimum atomic E-state index is -0.271. The zero-order valence-corrected chi connectivity index (χ0v) is 13.3. The molecule has 1 unspecified atom stereocenters. The molecule has 0 aliphatic carbocycles. The van der Waals surface area contributed by atoms with Crippen LogP contribution < -0.4 is 10.6 Å². The number of nitrogens with zero attached hydrogens (tertiary/aromatic N) is 2. The third kappa shape index (κ3) is 3.94. The second-order valence-electron chi connectivity index (χ2n) is 6.06. The van der Waals surface area contributed by atoms with E-state index in [1.165, 1.54) is 0 Å². The van der Waals surface area contributed by atoms with Crippen molar-refractivity contribution in [3.8, 4) is 0 Å². The summed E-state index contributed by atoms with van der Waals surface area (Å²) in [7, 11) is 1.71. The lowest BCUT2D eigenvalue weighted by Gasteiger charge is -2.22. The van der Waals surface area contributed by atoms with E-state index >= 15 is 0 Å². The van der Waals surface area contributed by atoms with Gasteiger partial charge in [0, 0.05) is 38.6 Å². The van der Waals surface area contributed by atoms with Crippen molar-refractivity contribution >= 4 is 11.6 Å². The molecule has 2 rings (SSSR count). The number of nitrogens with one attached hydrogen (secondary N) is 2. The highest BCUT2D eigenvalue weighted by molar-refractivity contribution is 5.82. The molecule has 0 aromatic carbocycles. The van der Waals surface area contributed by atoms with Crippen molar-refractivity contribution in [1.82, 2.24) is 15.2 Å². The summed E-state index contributed by atoms with van der Waals surface area (Å²) in [5.41, 5.74) is 1.90. The van der Waals surface area contributed by atoms with Gasteiger partial charge < -0.3 is 10.6 Å². The van der Waals surface area contributed by atoms with Gasteiger partial charge in [-0.25, -0.2) is 0 Å². The summed E-state index contributed by atoms with van der Waals surface area (Å²) in [6, 6.07) is 4.10. The lowest BCUT2D eigenvalue weighted by Crippen LogP contribution is -2.39. The van der Waals surface area contributed by atoms with E-state index in [0.29, 0.717) is 0 Å². The first-order chi connectivity index (χ1) is 10.1. The molecule has 1 amide bonds. The smallest absolute Gasteiger partial charge is 0.227 e. The fourth-order valence-corrected chi connectivity index (χ4v) is 2.85. The van der Waals surface area contributed by atoms with E-state index in [4.69, 9.17) is 0 Å². The number of hydrogen-bond acceptors (Lipinski definition) is 4. The molecule has 0 spiro atoms. The molecule has 1 fully saturated rings. The largest absolute Gasteiger partial charge is 0.385 e. The van der Waals surface area contributed by atoms with Gasteiger partial charge in [-0.15, -0.1) is 0 Å². The number of carbonyl (C=O) groups excluding carboxylic acids is 1. The Bertz CT molecular complexity index is 491. The number of rotatable bonds is 6. The minimum Gasteiger partial charge on any atom is -0.385 e. The van der Waals surface area contributed by atoms with Gasteiger partial charge in [0.05, 0.1) is 11.1 Å². The quantitative estimate of drug-likeness (QED) is 0.839. The van der Waals surface area contributed by atoms with E-state index in [0.717, 1.165) is 50.4 Å². The monoisotopic (exact) mass is 290 g/mol. The molecule has 2 heterocycles. The van der Waals surface area contributed by atoms with Crippen LogP contribution in [0.2, 0.25) is 0 Å². The Morgan fingerprint density at radius 2 is 2.33 bits per heavy atom. The van der Waals surface area contributed by atoms with E-state index in [-0.39, 0.29) is 11.3 Å². The first-order valence-electron chi connectivity index (χ1n) is 7.71. The number of likely N-dealkylation sites (tertiary alicyclic amines) is 1. The average Bonchev–Trinajstić information content (AvgIpc) is 2.87. The van der Waals surface area contributed by atoms with Crippen molar-refractivity contribution in [2.45, 2.75) is 33.2 Å². The highest BCUT2D eigenvalue weighted by atomic mass is 16.2. The Balaban J connectivity index is 1.95. The van der Waals surface area contributed by atoms with Gasteiger partial charge in [-0.1, -0.05) is 6.92 Å². The van der Waals surface area contributed by atoms with Gasteiger partial charge in [-0.3, -0.25) is 14.7 Å². The molecular formula is C16H26N4O. The summed E-state index contributed by atoms with van der Waals surface area (Å²) < 4.78 is 0. The predicted octanol–water partition coefficient (Wildman–Crippen LogP) is 1.86. The third-order valence-corrected chi connectivity index (χ3v) is 4.11. The van der Waals surface area contributed by atoms with Crippen LogP contribution in [0, 0.1) is 5.41 Å². The van der Waals surface area contributed by atoms with Crippen LogP contribution in [0.15, 0.2) is 18.3 Å². The lowest BCUT2D eigenvalue weighted by atomic mass is 9.89. The second kappa shape index (κ2) is 6.89. The zero-order valence-electron chi connectivity index (χ0n) is 13.3. The number of aromatic nitrogens is 1. The molecule has 1 saturated heterocycles. The van der Waals surface area contributed by atoms with Crippen LogP contribution in [0.5, 0.6) is 0 Å². The van der Waals surface area contributed by atoms with Crippen molar-refractivity contribution < 1.29 is 4.79 Å². The lowest BCUT2D eigenvalue weighted by molar-refractivity contribution is -0.129. The summed E-state index contributed by atoms with van der Waals surface area (Å²) >= 11 is 0. The van der Waals surface area contributed by atoms with Gasteiger partial charge in [-0.2, -0.15) is 0 Å². The van der Waals surface area contributed by atoms with Crippen LogP contribution in [0.25, 0.3) is 0 Å². The molecule has 1 atom stereocenters. The fraction of sp³-hybridized carbons (Fsp3) is 0.625. The Kier molecular flexibility index (Phi) is 5.17. The Morgan fingerprint density at radius 1 is 1.52 bits per heavy atom. The predicted molar refractivity (Wildman–Crippen MR) is 85.1 cm³/mol. The zero-order chi connectivity index (χ0) is 15.3. The molecule has 0 radical (unpaired) electrons. The number of pyridine rings is 1. The summed E-state index contributed by atoms with van der Waals surface area (Å²) in [5, 5.41) is 6.15. The van der Waals surface area contributed by atoms with E-state index in [9.17, 15) is 4.79 Å². The summed E-state index contributed by atoms with van der Waals surface area (Å²) in [6.45, 7) is 7.70. The van der Waals surface area contributed by atoms with Gasteiger partial charge in [0.25, 0.3) is 0 Å². The van der Waals surface area contributed by atoms with Crippen molar-refractivity contribution in [3.63, 3.8) is 0 Å². The Hall–Kier alpha value is -1.62. The summed E-state index contributed by atoms with van der Waals surface area (Å²) in [6.07, 6.45) is 3.86. The second-order valence-corrected chi connectivity index (χ2v) is 6.06. The topological polar surface area (TPSA) is 57.3 Å². The molecular weight excluding hydrogens is 264 g/mol. The molecule has 1 aliphatic rings. The van der Waals surface area contributed by atoms with E-state index < -0.39 is 0 Å². The van der Waals surface area contributed by atoms with Crippen LogP contribution in [0.1, 0.15) is 32.4 Å². The van der Waals surface area contributed by atoms with Crippen molar-refractivity contribution in [2.75, 3.05) is 32.0 Å². The Labute approximate surface area is 127 Å². The van der Waals surface area contributed by atoms with Crippen LogP contribution in [0.4, 0.5) is 5.69 Å². The molecule has 1 aliphatic heterocycles. The maximum absolute atomic E-state index is 11.9. The van der Waals surface area contributed by atoms with Crippen molar-refractivity contribution in [3.05, 3.63) is 24.0 Å². The molecule has 0 bridgehead atoms. The molecule has 1 aromatic rings.